The third-order valence-electron chi connectivity index (χ3n) is 5.46. The monoisotopic (exact) mass is 556 g/mol. The minimum atomic E-state index is -3.75. The topological polar surface area (TPSA) is 117 Å². The highest BCUT2D eigenvalue weighted by atomic mass is 35.5. The van der Waals surface area contributed by atoms with E-state index in [1.165, 1.54) is 12.3 Å². The average Bonchev–Trinajstić information content (AvgIpc) is 2.88. The molecule has 0 spiro atoms. The lowest BCUT2D eigenvalue weighted by atomic mass is 10.1. The highest BCUT2D eigenvalue weighted by molar-refractivity contribution is 7.92. The van der Waals surface area contributed by atoms with Crippen LogP contribution in [-0.2, 0) is 19.6 Å². The van der Waals surface area contributed by atoms with Crippen molar-refractivity contribution in [3.05, 3.63) is 94.5 Å². The van der Waals surface area contributed by atoms with Crippen molar-refractivity contribution in [2.24, 2.45) is 5.10 Å². The van der Waals surface area contributed by atoms with Crippen LogP contribution in [0, 0.1) is 6.92 Å². The van der Waals surface area contributed by atoms with Gasteiger partial charge >= 0.3 is 0 Å². The van der Waals surface area contributed by atoms with E-state index >= 15 is 0 Å². The van der Waals surface area contributed by atoms with Gasteiger partial charge in [-0.1, -0.05) is 48.0 Å². The summed E-state index contributed by atoms with van der Waals surface area (Å²) in [6.07, 6.45) is 2.42. The third-order valence-corrected chi connectivity index (χ3v) is 6.82. The van der Waals surface area contributed by atoms with E-state index in [0.717, 1.165) is 16.1 Å². The van der Waals surface area contributed by atoms with Crippen molar-refractivity contribution in [3.63, 3.8) is 0 Å². The average molecular weight is 557 g/mol. The maximum atomic E-state index is 12.4. The van der Waals surface area contributed by atoms with Crippen molar-refractivity contribution >= 4 is 45.3 Å². The van der Waals surface area contributed by atoms with Crippen molar-refractivity contribution in [3.8, 4) is 5.75 Å². The Morgan fingerprint density at radius 1 is 1.05 bits per heavy atom. The van der Waals surface area contributed by atoms with E-state index in [0.29, 0.717) is 27.6 Å². The molecule has 0 fully saturated rings. The van der Waals surface area contributed by atoms with E-state index < -0.39 is 22.5 Å². The number of rotatable bonds is 11. The van der Waals surface area contributed by atoms with Gasteiger partial charge in [-0.3, -0.25) is 13.9 Å². The van der Waals surface area contributed by atoms with Crippen molar-refractivity contribution < 1.29 is 22.7 Å². The van der Waals surface area contributed by atoms with Crippen LogP contribution < -0.4 is 19.8 Å². The second-order valence-corrected chi connectivity index (χ2v) is 10.9. The number of nitrogens with one attached hydrogen (secondary N) is 2. The summed E-state index contributed by atoms with van der Waals surface area (Å²) in [4.78, 5) is 24.6. The smallest absolute Gasteiger partial charge is 0.260 e. The third kappa shape index (κ3) is 8.60. The highest BCUT2D eigenvalue weighted by Gasteiger charge is 2.22. The number of ether oxygens (including phenoxy) is 1. The summed E-state index contributed by atoms with van der Waals surface area (Å²) in [5.74, 6) is -0.373. The zero-order chi connectivity index (χ0) is 27.7. The standard InChI is InChI=1S/C27H29ClN4O5S/c1-19-9-12-23(28)15-25(19)32(38(3,35)36)17-26(33)31-29-16-21-10-13-24(14-11-21)37-18-27(34)30-20(2)22-7-5-4-6-8-22/h4-16,20H,17-18H2,1-3H3,(H,30,34)(H,31,33)/b29-16-/t20-/m1/s1. The Morgan fingerprint density at radius 3 is 2.39 bits per heavy atom. The molecule has 11 heteroatoms. The largest absolute Gasteiger partial charge is 0.484 e. The Labute approximate surface area is 227 Å². The SMILES string of the molecule is Cc1ccc(Cl)cc1N(CC(=O)N/N=C\c1ccc(OCC(=O)N[C@H](C)c2ccccc2)cc1)S(C)(=O)=O. The number of nitrogens with zero attached hydrogens (tertiary/aromatic N) is 2. The number of sulfonamides is 1. The summed E-state index contributed by atoms with van der Waals surface area (Å²) >= 11 is 6.01. The summed E-state index contributed by atoms with van der Waals surface area (Å²) in [7, 11) is -3.75. The first kappa shape index (κ1) is 28.7. The second kappa shape index (κ2) is 13.1. The Morgan fingerprint density at radius 2 is 1.74 bits per heavy atom. The number of benzene rings is 3. The molecule has 38 heavy (non-hydrogen) atoms. The van der Waals surface area contributed by atoms with Gasteiger partial charge in [0.05, 0.1) is 24.2 Å². The summed E-state index contributed by atoms with van der Waals surface area (Å²) in [6.45, 7) is 3.03. The van der Waals surface area contributed by atoms with E-state index in [1.54, 1.807) is 43.3 Å². The second-order valence-electron chi connectivity index (χ2n) is 8.55. The highest BCUT2D eigenvalue weighted by Crippen LogP contribution is 2.26. The first-order valence-corrected chi connectivity index (χ1v) is 13.9. The molecule has 3 aromatic rings. The van der Waals surface area contributed by atoms with E-state index in [9.17, 15) is 18.0 Å². The van der Waals surface area contributed by atoms with Crippen LogP contribution in [0.2, 0.25) is 5.02 Å². The van der Waals surface area contributed by atoms with Gasteiger partial charge in [-0.15, -0.1) is 0 Å². The minimum Gasteiger partial charge on any atom is -0.484 e. The molecule has 1 atom stereocenters. The first-order chi connectivity index (χ1) is 18.0. The van der Waals surface area contributed by atoms with Gasteiger partial charge in [0.25, 0.3) is 11.8 Å². The van der Waals surface area contributed by atoms with Crippen LogP contribution in [0.3, 0.4) is 0 Å². The molecule has 0 unspecified atom stereocenters. The summed E-state index contributed by atoms with van der Waals surface area (Å²) < 4.78 is 31.1. The zero-order valence-electron chi connectivity index (χ0n) is 21.2. The van der Waals surface area contributed by atoms with Gasteiger partial charge in [-0.2, -0.15) is 5.10 Å². The van der Waals surface area contributed by atoms with Gasteiger partial charge in [0.15, 0.2) is 6.61 Å². The van der Waals surface area contributed by atoms with E-state index in [1.807, 2.05) is 37.3 Å². The predicted molar refractivity (Wildman–Crippen MR) is 149 cm³/mol. The Balaban J connectivity index is 1.50. The van der Waals surface area contributed by atoms with Crippen LogP contribution in [0.25, 0.3) is 0 Å². The van der Waals surface area contributed by atoms with Crippen molar-refractivity contribution in [2.45, 2.75) is 19.9 Å². The molecule has 0 saturated heterocycles. The number of hydrogen-bond acceptors (Lipinski definition) is 6. The molecule has 0 aliphatic rings. The molecule has 0 heterocycles. The molecular weight excluding hydrogens is 528 g/mol. The molecule has 200 valence electrons. The fourth-order valence-corrected chi connectivity index (χ4v) is 4.56. The number of carbonyl (C=O) groups excluding carboxylic acids is 2. The molecule has 3 aromatic carbocycles. The van der Waals surface area contributed by atoms with Crippen LogP contribution in [0.5, 0.6) is 5.75 Å². The zero-order valence-corrected chi connectivity index (χ0v) is 22.8. The van der Waals surface area contributed by atoms with Crippen molar-refractivity contribution in [1.82, 2.24) is 10.7 Å². The van der Waals surface area contributed by atoms with Crippen LogP contribution >= 0.6 is 11.6 Å². The molecule has 3 rings (SSSR count). The normalized spacial score (nSPS) is 12.1. The number of carbonyl (C=O) groups is 2. The number of hydrogen-bond donors (Lipinski definition) is 2. The van der Waals surface area contributed by atoms with Crippen LogP contribution in [0.4, 0.5) is 5.69 Å². The van der Waals surface area contributed by atoms with Gasteiger partial charge in [0, 0.05) is 5.02 Å². The van der Waals surface area contributed by atoms with Gasteiger partial charge in [-0.05, 0) is 66.9 Å². The van der Waals surface area contributed by atoms with Gasteiger partial charge in [-0.25, -0.2) is 13.8 Å². The molecule has 0 aliphatic heterocycles. The lowest BCUT2D eigenvalue weighted by Crippen LogP contribution is -2.39. The minimum absolute atomic E-state index is 0.135. The summed E-state index contributed by atoms with van der Waals surface area (Å²) in [5, 5.41) is 7.13. The molecular formula is C27H29ClN4O5S. The lowest BCUT2D eigenvalue weighted by molar-refractivity contribution is -0.123. The van der Waals surface area contributed by atoms with Crippen LogP contribution in [0.1, 0.15) is 29.7 Å². The summed E-state index contributed by atoms with van der Waals surface area (Å²) in [6, 6.07) is 21.0. The van der Waals surface area contributed by atoms with E-state index in [2.05, 4.69) is 15.8 Å². The van der Waals surface area contributed by atoms with Gasteiger partial charge in [0.1, 0.15) is 12.3 Å². The van der Waals surface area contributed by atoms with Crippen molar-refractivity contribution in [1.29, 1.82) is 0 Å². The van der Waals surface area contributed by atoms with Crippen LogP contribution in [-0.4, -0.2) is 45.9 Å². The van der Waals surface area contributed by atoms with E-state index in [-0.39, 0.29) is 18.6 Å². The Hall–Kier alpha value is -3.89. The first-order valence-electron chi connectivity index (χ1n) is 11.7. The molecule has 0 saturated carbocycles. The molecule has 2 N–H and O–H groups in total. The quantitative estimate of drug-likeness (QED) is 0.275. The number of hydrazone groups is 1. The maximum Gasteiger partial charge on any atom is 0.260 e. The number of anilines is 1. The molecule has 9 nitrogen and oxygen atoms in total. The Kier molecular flexibility index (Phi) is 9.86. The van der Waals surface area contributed by atoms with Crippen molar-refractivity contribution in [2.75, 3.05) is 23.7 Å². The van der Waals surface area contributed by atoms with Gasteiger partial charge in [0.2, 0.25) is 10.0 Å². The lowest BCUT2D eigenvalue weighted by Gasteiger charge is -2.23. The fourth-order valence-electron chi connectivity index (χ4n) is 3.48. The molecule has 0 aromatic heterocycles. The molecule has 0 bridgehead atoms. The maximum absolute atomic E-state index is 12.4. The number of amides is 2. The number of aryl methyl sites for hydroxylation is 1. The molecule has 0 radical (unpaired) electrons. The predicted octanol–water partition coefficient (Wildman–Crippen LogP) is 3.82. The molecule has 0 aliphatic carbocycles. The fraction of sp³-hybridized carbons (Fsp3) is 0.222. The Bertz CT molecular complexity index is 1400. The molecule has 2 amide bonds. The van der Waals surface area contributed by atoms with Gasteiger partial charge < -0.3 is 10.1 Å². The summed E-state index contributed by atoms with van der Waals surface area (Å²) in [5.41, 5.74) is 4.96. The van der Waals surface area contributed by atoms with E-state index in [4.69, 9.17) is 16.3 Å². The number of halogens is 1. The van der Waals surface area contributed by atoms with Crippen LogP contribution in [0.15, 0.2) is 77.9 Å².